The average molecular weight is 300 g/mol. The highest BCUT2D eigenvalue weighted by Crippen LogP contribution is 2.12. The fourth-order valence-electron chi connectivity index (χ4n) is 1.61. The molecule has 1 heterocycles. The van der Waals surface area contributed by atoms with Crippen LogP contribution < -0.4 is 10.1 Å². The van der Waals surface area contributed by atoms with Crippen LogP contribution >= 0.6 is 23.7 Å². The first-order chi connectivity index (χ1) is 8.88. The Kier molecular flexibility index (Phi) is 7.52. The summed E-state index contributed by atoms with van der Waals surface area (Å²) in [5.41, 5.74) is 1.22. The van der Waals surface area contributed by atoms with E-state index in [9.17, 15) is 0 Å². The molecule has 0 spiro atoms. The van der Waals surface area contributed by atoms with Gasteiger partial charge in [-0.1, -0.05) is 18.2 Å². The number of hydrogen-bond acceptors (Lipinski definition) is 4. The molecule has 0 atom stereocenters. The summed E-state index contributed by atoms with van der Waals surface area (Å²) >= 11 is 1.76. The minimum absolute atomic E-state index is 0. The van der Waals surface area contributed by atoms with E-state index in [1.807, 2.05) is 24.3 Å². The van der Waals surface area contributed by atoms with Gasteiger partial charge < -0.3 is 15.2 Å². The van der Waals surface area contributed by atoms with Gasteiger partial charge in [0.15, 0.2) is 0 Å². The Morgan fingerprint density at radius 1 is 1.11 bits per heavy atom. The maximum atomic E-state index is 8.65. The van der Waals surface area contributed by atoms with Crippen LogP contribution in [0.4, 0.5) is 0 Å². The molecule has 0 aliphatic heterocycles. The van der Waals surface area contributed by atoms with Crippen LogP contribution in [0.15, 0.2) is 41.8 Å². The van der Waals surface area contributed by atoms with E-state index < -0.39 is 0 Å². The largest absolute Gasteiger partial charge is 0.491 e. The van der Waals surface area contributed by atoms with Gasteiger partial charge in [-0.3, -0.25) is 0 Å². The highest BCUT2D eigenvalue weighted by atomic mass is 35.5. The summed E-state index contributed by atoms with van der Waals surface area (Å²) in [6, 6.07) is 12.1. The Morgan fingerprint density at radius 2 is 1.89 bits per heavy atom. The Hall–Kier alpha value is -1.07. The standard InChI is InChI=1S/C14H17NO2S.ClH/c16-7-8-17-13-5-3-12(4-6-13)10-15-11-14-2-1-9-18-14;/h1-6,9,15-16H,7-8,10-11H2;1H. The third-order valence-electron chi connectivity index (χ3n) is 2.49. The number of benzene rings is 1. The van der Waals surface area contributed by atoms with Crippen molar-refractivity contribution in [3.05, 3.63) is 52.2 Å². The lowest BCUT2D eigenvalue weighted by molar-refractivity contribution is 0.201. The number of ether oxygens (including phenoxy) is 1. The molecule has 2 N–H and O–H groups in total. The quantitative estimate of drug-likeness (QED) is 0.826. The minimum Gasteiger partial charge on any atom is -0.491 e. The van der Waals surface area contributed by atoms with Gasteiger partial charge in [0.1, 0.15) is 12.4 Å². The number of halogens is 1. The van der Waals surface area contributed by atoms with E-state index in [0.717, 1.165) is 18.8 Å². The number of aliphatic hydroxyl groups is 1. The summed E-state index contributed by atoms with van der Waals surface area (Å²) in [6.45, 7) is 2.14. The van der Waals surface area contributed by atoms with Crippen molar-refractivity contribution >= 4 is 23.7 Å². The number of rotatable bonds is 7. The third kappa shape index (κ3) is 5.61. The van der Waals surface area contributed by atoms with Gasteiger partial charge in [-0.25, -0.2) is 0 Å². The van der Waals surface area contributed by atoms with Crippen LogP contribution in [0.1, 0.15) is 10.4 Å². The maximum absolute atomic E-state index is 8.65. The summed E-state index contributed by atoms with van der Waals surface area (Å²) in [5.74, 6) is 0.797. The Balaban J connectivity index is 0.00000180. The molecule has 0 bridgehead atoms. The van der Waals surface area contributed by atoms with Crippen LogP contribution in [-0.2, 0) is 13.1 Å². The van der Waals surface area contributed by atoms with Gasteiger partial charge in [0.2, 0.25) is 0 Å². The highest BCUT2D eigenvalue weighted by Gasteiger charge is 1.97. The monoisotopic (exact) mass is 299 g/mol. The van der Waals surface area contributed by atoms with E-state index in [2.05, 4.69) is 22.8 Å². The van der Waals surface area contributed by atoms with E-state index in [1.54, 1.807) is 11.3 Å². The lowest BCUT2D eigenvalue weighted by Crippen LogP contribution is -2.11. The average Bonchev–Trinajstić information content (AvgIpc) is 2.91. The van der Waals surface area contributed by atoms with Crippen molar-refractivity contribution in [1.82, 2.24) is 5.32 Å². The smallest absolute Gasteiger partial charge is 0.119 e. The van der Waals surface area contributed by atoms with E-state index in [0.29, 0.717) is 6.61 Å². The molecule has 1 aromatic heterocycles. The number of nitrogens with one attached hydrogen (secondary N) is 1. The van der Waals surface area contributed by atoms with Crippen LogP contribution in [0.25, 0.3) is 0 Å². The van der Waals surface area contributed by atoms with Gasteiger partial charge in [-0.05, 0) is 29.1 Å². The predicted octanol–water partition coefficient (Wildman–Crippen LogP) is 2.83. The molecule has 0 fully saturated rings. The zero-order valence-corrected chi connectivity index (χ0v) is 12.2. The summed E-state index contributed by atoms with van der Waals surface area (Å²) in [4.78, 5) is 1.35. The van der Waals surface area contributed by atoms with Crippen molar-refractivity contribution in [2.24, 2.45) is 0 Å². The van der Waals surface area contributed by atoms with Gasteiger partial charge in [0, 0.05) is 18.0 Å². The molecule has 104 valence electrons. The van der Waals surface area contributed by atoms with Gasteiger partial charge in [0.05, 0.1) is 6.61 Å². The topological polar surface area (TPSA) is 41.5 Å². The molecule has 19 heavy (non-hydrogen) atoms. The maximum Gasteiger partial charge on any atom is 0.119 e. The Labute approximate surface area is 123 Å². The molecule has 0 amide bonds. The minimum atomic E-state index is 0. The van der Waals surface area contributed by atoms with Crippen LogP contribution in [0.5, 0.6) is 5.75 Å². The van der Waals surface area contributed by atoms with Crippen LogP contribution in [0.2, 0.25) is 0 Å². The normalized spacial score (nSPS) is 9.95. The second-order valence-electron chi connectivity index (χ2n) is 3.90. The fraction of sp³-hybridized carbons (Fsp3) is 0.286. The summed E-state index contributed by atoms with van der Waals surface area (Å²) in [7, 11) is 0. The molecule has 0 saturated heterocycles. The first-order valence-corrected chi connectivity index (χ1v) is 6.82. The molecule has 1 aromatic carbocycles. The van der Waals surface area contributed by atoms with Crippen molar-refractivity contribution < 1.29 is 9.84 Å². The Bertz CT molecular complexity index is 445. The molecule has 5 heteroatoms. The number of aliphatic hydroxyl groups excluding tert-OH is 1. The molecule has 2 aromatic rings. The lowest BCUT2D eigenvalue weighted by Gasteiger charge is -2.06. The molecule has 0 unspecified atom stereocenters. The van der Waals surface area contributed by atoms with Gasteiger partial charge in [-0.15, -0.1) is 23.7 Å². The van der Waals surface area contributed by atoms with Crippen molar-refractivity contribution in [1.29, 1.82) is 0 Å². The van der Waals surface area contributed by atoms with Crippen LogP contribution in [0, 0.1) is 0 Å². The molecular formula is C14H18ClNO2S. The Morgan fingerprint density at radius 3 is 2.53 bits per heavy atom. The lowest BCUT2D eigenvalue weighted by atomic mass is 10.2. The number of thiophene rings is 1. The van der Waals surface area contributed by atoms with E-state index >= 15 is 0 Å². The third-order valence-corrected chi connectivity index (χ3v) is 3.37. The summed E-state index contributed by atoms with van der Waals surface area (Å²) in [6.07, 6.45) is 0. The predicted molar refractivity (Wildman–Crippen MR) is 81.1 cm³/mol. The molecular weight excluding hydrogens is 282 g/mol. The zero-order chi connectivity index (χ0) is 12.6. The van der Waals surface area contributed by atoms with E-state index in [1.165, 1.54) is 10.4 Å². The molecule has 3 nitrogen and oxygen atoms in total. The fourth-order valence-corrected chi connectivity index (χ4v) is 2.28. The molecule has 0 aliphatic carbocycles. The highest BCUT2D eigenvalue weighted by molar-refractivity contribution is 7.09. The summed E-state index contributed by atoms with van der Waals surface area (Å²) in [5, 5.41) is 14.1. The molecule has 0 aliphatic rings. The molecule has 0 radical (unpaired) electrons. The number of hydrogen-bond donors (Lipinski definition) is 2. The van der Waals surface area contributed by atoms with E-state index in [4.69, 9.17) is 9.84 Å². The first kappa shape index (κ1) is 16.0. The van der Waals surface area contributed by atoms with Crippen LogP contribution in [0.3, 0.4) is 0 Å². The van der Waals surface area contributed by atoms with Gasteiger partial charge >= 0.3 is 0 Å². The first-order valence-electron chi connectivity index (χ1n) is 5.94. The summed E-state index contributed by atoms with van der Waals surface area (Å²) < 4.78 is 5.30. The van der Waals surface area contributed by atoms with Crippen LogP contribution in [-0.4, -0.2) is 18.3 Å². The van der Waals surface area contributed by atoms with Crippen molar-refractivity contribution in [3.8, 4) is 5.75 Å². The van der Waals surface area contributed by atoms with Crippen molar-refractivity contribution in [3.63, 3.8) is 0 Å². The van der Waals surface area contributed by atoms with Crippen molar-refractivity contribution in [2.75, 3.05) is 13.2 Å². The molecule has 0 saturated carbocycles. The van der Waals surface area contributed by atoms with E-state index in [-0.39, 0.29) is 19.0 Å². The molecule has 2 rings (SSSR count). The second-order valence-corrected chi connectivity index (χ2v) is 4.93. The van der Waals surface area contributed by atoms with Gasteiger partial charge in [0.25, 0.3) is 0 Å². The SMILES string of the molecule is Cl.OCCOc1ccc(CNCc2cccs2)cc1. The zero-order valence-electron chi connectivity index (χ0n) is 10.5. The van der Waals surface area contributed by atoms with Crippen molar-refractivity contribution in [2.45, 2.75) is 13.1 Å². The second kappa shape index (κ2) is 8.93. The van der Waals surface area contributed by atoms with Gasteiger partial charge in [-0.2, -0.15) is 0 Å².